The Morgan fingerprint density at radius 3 is 2.44 bits per heavy atom. The number of anilines is 1. The highest BCUT2D eigenvalue weighted by atomic mass is 35.5. The van der Waals surface area contributed by atoms with Gasteiger partial charge in [0.1, 0.15) is 5.82 Å². The molecular weight excluding hydrogens is 357 g/mol. The molecule has 3 heterocycles. The third-order valence-corrected chi connectivity index (χ3v) is 5.23. The zero-order chi connectivity index (χ0) is 18.2. The van der Waals surface area contributed by atoms with Gasteiger partial charge in [0.05, 0.1) is 10.6 Å². The number of pyridine rings is 1. The normalized spacial score (nSPS) is 20.4. The molecule has 9 heteroatoms. The predicted molar refractivity (Wildman–Crippen MR) is 88.6 cm³/mol. The summed E-state index contributed by atoms with van der Waals surface area (Å²) in [5.74, 6) is 0.841. The number of piperazine rings is 1. The van der Waals surface area contributed by atoms with Crippen LogP contribution in [0.3, 0.4) is 0 Å². The van der Waals surface area contributed by atoms with E-state index in [0.717, 1.165) is 25.4 Å². The molecule has 2 fully saturated rings. The van der Waals surface area contributed by atoms with Crippen molar-refractivity contribution >= 4 is 23.3 Å². The number of halogens is 4. The fourth-order valence-electron chi connectivity index (χ4n) is 3.11. The maximum absolute atomic E-state index is 12.7. The first-order valence-corrected chi connectivity index (χ1v) is 8.62. The van der Waals surface area contributed by atoms with Crippen LogP contribution in [0.4, 0.5) is 19.0 Å². The Hall–Kier alpha value is -1.54. The van der Waals surface area contributed by atoms with E-state index in [1.165, 1.54) is 0 Å². The molecule has 0 radical (unpaired) electrons. The number of nitrogens with zero attached hydrogens (tertiary/aromatic N) is 3. The van der Waals surface area contributed by atoms with Crippen LogP contribution < -0.4 is 10.2 Å². The van der Waals surface area contributed by atoms with Crippen LogP contribution in [-0.4, -0.2) is 55.1 Å². The van der Waals surface area contributed by atoms with Crippen molar-refractivity contribution in [1.29, 1.82) is 0 Å². The van der Waals surface area contributed by atoms with E-state index in [1.807, 2.05) is 16.7 Å². The summed E-state index contributed by atoms with van der Waals surface area (Å²) in [5.41, 5.74) is -0.863. The molecule has 0 aromatic carbocycles. The summed E-state index contributed by atoms with van der Waals surface area (Å²) in [7, 11) is 0. The maximum Gasteiger partial charge on any atom is 0.417 e. The van der Waals surface area contributed by atoms with Crippen molar-refractivity contribution in [3.8, 4) is 0 Å². The lowest BCUT2D eigenvalue weighted by atomic mass is 9.88. The van der Waals surface area contributed by atoms with Crippen molar-refractivity contribution in [2.75, 3.05) is 44.2 Å². The maximum atomic E-state index is 12.7. The average molecular weight is 377 g/mol. The largest absolute Gasteiger partial charge is 0.417 e. The zero-order valence-electron chi connectivity index (χ0n) is 13.8. The molecule has 1 aromatic rings. The topological polar surface area (TPSA) is 48.5 Å². The highest BCUT2D eigenvalue weighted by Crippen LogP contribution is 2.33. The van der Waals surface area contributed by atoms with Crippen LogP contribution in [-0.2, 0) is 11.0 Å². The molecule has 1 N–H and O–H groups in total. The summed E-state index contributed by atoms with van der Waals surface area (Å²) in [5, 5.41) is 3.14. The summed E-state index contributed by atoms with van der Waals surface area (Å²) in [6, 6.07) is 0.896. The molecular formula is C16H20ClF3N4O. The lowest BCUT2D eigenvalue weighted by molar-refractivity contribution is -0.138. The van der Waals surface area contributed by atoms with Crippen molar-refractivity contribution in [2.45, 2.75) is 13.1 Å². The van der Waals surface area contributed by atoms with Gasteiger partial charge in [-0.1, -0.05) is 18.5 Å². The molecule has 25 heavy (non-hydrogen) atoms. The Kier molecular flexibility index (Phi) is 5.11. The van der Waals surface area contributed by atoms with E-state index < -0.39 is 11.7 Å². The Morgan fingerprint density at radius 2 is 1.96 bits per heavy atom. The number of carbonyl (C=O) groups is 1. The Bertz CT molecular complexity index is 643. The van der Waals surface area contributed by atoms with Crippen molar-refractivity contribution < 1.29 is 18.0 Å². The van der Waals surface area contributed by atoms with E-state index in [1.54, 1.807) is 0 Å². The molecule has 1 amide bonds. The van der Waals surface area contributed by atoms with Gasteiger partial charge in [-0.25, -0.2) is 4.98 Å². The number of alkyl halides is 3. The van der Waals surface area contributed by atoms with Gasteiger partial charge in [-0.05, 0) is 25.1 Å². The molecule has 1 atom stereocenters. The molecule has 0 aliphatic carbocycles. The quantitative estimate of drug-likeness (QED) is 0.879. The van der Waals surface area contributed by atoms with Gasteiger partial charge in [0.2, 0.25) is 5.91 Å². The van der Waals surface area contributed by atoms with Gasteiger partial charge < -0.3 is 15.1 Å². The first-order chi connectivity index (χ1) is 11.8. The van der Waals surface area contributed by atoms with Crippen molar-refractivity contribution in [3.63, 3.8) is 0 Å². The molecule has 5 nitrogen and oxygen atoms in total. The molecule has 3 rings (SSSR count). The van der Waals surface area contributed by atoms with Gasteiger partial charge in [-0.2, -0.15) is 13.2 Å². The van der Waals surface area contributed by atoms with Crippen LogP contribution in [0.15, 0.2) is 12.3 Å². The third-order valence-electron chi connectivity index (χ3n) is 4.95. The molecule has 0 spiro atoms. The zero-order valence-corrected chi connectivity index (χ0v) is 14.6. The van der Waals surface area contributed by atoms with E-state index in [0.29, 0.717) is 37.9 Å². The number of hydrogen-bond donors (Lipinski definition) is 1. The molecule has 1 unspecified atom stereocenters. The number of nitrogens with one attached hydrogen (secondary N) is 1. The summed E-state index contributed by atoms with van der Waals surface area (Å²) >= 11 is 5.99. The summed E-state index contributed by atoms with van der Waals surface area (Å²) in [4.78, 5) is 20.0. The van der Waals surface area contributed by atoms with Crippen LogP contribution in [0.5, 0.6) is 0 Å². The second kappa shape index (κ2) is 6.99. The van der Waals surface area contributed by atoms with Crippen LogP contribution in [0.1, 0.15) is 12.5 Å². The first kappa shape index (κ1) is 18.3. The molecule has 2 aliphatic rings. The van der Waals surface area contributed by atoms with E-state index in [9.17, 15) is 18.0 Å². The molecule has 1 aromatic heterocycles. The Labute approximate surface area is 149 Å². The second-order valence-corrected chi connectivity index (χ2v) is 6.95. The number of hydrogen-bond acceptors (Lipinski definition) is 4. The molecule has 0 saturated carbocycles. The summed E-state index contributed by atoms with van der Waals surface area (Å²) in [6.45, 7) is 5.73. The van der Waals surface area contributed by atoms with Crippen LogP contribution in [0, 0.1) is 11.8 Å². The second-order valence-electron chi connectivity index (χ2n) is 6.55. The highest BCUT2D eigenvalue weighted by molar-refractivity contribution is 6.33. The highest BCUT2D eigenvalue weighted by Gasteiger charge is 2.34. The average Bonchev–Trinajstić information content (AvgIpc) is 2.52. The van der Waals surface area contributed by atoms with Crippen LogP contribution in [0.2, 0.25) is 5.02 Å². The number of rotatable bonds is 3. The summed E-state index contributed by atoms with van der Waals surface area (Å²) < 4.78 is 38.1. The standard InChI is InChI=1S/C16H20ClF3N4O/c1-10(11-7-21-8-11)15(25)24-4-2-23(3-5-24)14-13(17)6-12(9-22-14)16(18,19)20/h6,9-11,21H,2-5,7-8H2,1H3. The molecule has 138 valence electrons. The van der Waals surface area contributed by atoms with Crippen molar-refractivity contribution in [1.82, 2.24) is 15.2 Å². The monoisotopic (exact) mass is 376 g/mol. The van der Waals surface area contributed by atoms with Gasteiger partial charge in [0, 0.05) is 38.3 Å². The van der Waals surface area contributed by atoms with Gasteiger partial charge in [-0.15, -0.1) is 0 Å². The van der Waals surface area contributed by atoms with Crippen molar-refractivity contribution in [3.05, 3.63) is 22.8 Å². The minimum Gasteiger partial charge on any atom is -0.352 e. The van der Waals surface area contributed by atoms with E-state index >= 15 is 0 Å². The van der Waals surface area contributed by atoms with Crippen LogP contribution in [0.25, 0.3) is 0 Å². The predicted octanol–water partition coefficient (Wildman–Crippen LogP) is 2.26. The first-order valence-electron chi connectivity index (χ1n) is 8.24. The van der Waals surface area contributed by atoms with E-state index in [4.69, 9.17) is 11.6 Å². The molecule has 2 saturated heterocycles. The Morgan fingerprint density at radius 1 is 1.32 bits per heavy atom. The lowest BCUT2D eigenvalue weighted by Gasteiger charge is -2.39. The third kappa shape index (κ3) is 3.84. The van der Waals surface area contributed by atoms with Crippen LogP contribution >= 0.6 is 11.6 Å². The summed E-state index contributed by atoms with van der Waals surface area (Å²) in [6.07, 6.45) is -3.67. The van der Waals surface area contributed by atoms with Gasteiger partial charge >= 0.3 is 6.18 Å². The SMILES string of the molecule is CC(C(=O)N1CCN(c2ncc(C(F)(F)F)cc2Cl)CC1)C1CNC1. The number of carbonyl (C=O) groups excluding carboxylic acids is 1. The van der Waals surface area contributed by atoms with Gasteiger partial charge in [0.15, 0.2) is 0 Å². The fraction of sp³-hybridized carbons (Fsp3) is 0.625. The van der Waals surface area contributed by atoms with E-state index in [-0.39, 0.29) is 16.8 Å². The molecule has 0 bridgehead atoms. The van der Waals surface area contributed by atoms with Gasteiger partial charge in [-0.3, -0.25) is 4.79 Å². The number of aromatic nitrogens is 1. The minimum absolute atomic E-state index is 0.0133. The van der Waals surface area contributed by atoms with E-state index in [2.05, 4.69) is 10.3 Å². The molecule has 2 aliphatic heterocycles. The Balaban J connectivity index is 1.61. The number of amides is 1. The minimum atomic E-state index is -4.47. The fourth-order valence-corrected chi connectivity index (χ4v) is 3.40. The lowest BCUT2D eigenvalue weighted by Crippen LogP contribution is -2.54. The van der Waals surface area contributed by atoms with Gasteiger partial charge in [0.25, 0.3) is 0 Å². The smallest absolute Gasteiger partial charge is 0.352 e. The van der Waals surface area contributed by atoms with Crippen molar-refractivity contribution in [2.24, 2.45) is 11.8 Å².